The van der Waals surface area contributed by atoms with Crippen molar-refractivity contribution in [1.82, 2.24) is 5.32 Å². The summed E-state index contributed by atoms with van der Waals surface area (Å²) in [6.07, 6.45) is 0. The number of carbonyl (C=O) groups excluding carboxylic acids is 1. The highest BCUT2D eigenvalue weighted by Gasteiger charge is 2.28. The fraction of sp³-hybridized carbons (Fsp3) is 0.129. The van der Waals surface area contributed by atoms with Gasteiger partial charge in [-0.2, -0.15) is 0 Å². The summed E-state index contributed by atoms with van der Waals surface area (Å²) in [6.45, 7) is 0.322. The molecule has 0 saturated carbocycles. The third-order valence-electron chi connectivity index (χ3n) is 6.29. The van der Waals surface area contributed by atoms with Crippen molar-refractivity contribution in [2.45, 2.75) is 18.7 Å². The largest absolute Gasteiger partial charge is 0.493 e. The fourth-order valence-electron chi connectivity index (χ4n) is 4.14. The lowest BCUT2D eigenvalue weighted by atomic mass is 10.0. The van der Waals surface area contributed by atoms with E-state index in [9.17, 15) is 14.7 Å². The zero-order valence-corrected chi connectivity index (χ0v) is 22.2. The van der Waals surface area contributed by atoms with E-state index < -0.39 is 24.0 Å². The van der Waals surface area contributed by atoms with Crippen molar-refractivity contribution in [3.05, 3.63) is 125 Å². The van der Waals surface area contributed by atoms with Crippen molar-refractivity contribution in [1.29, 1.82) is 0 Å². The van der Waals surface area contributed by atoms with E-state index >= 15 is 0 Å². The minimum atomic E-state index is -1.27. The van der Waals surface area contributed by atoms with Crippen LogP contribution in [0, 0.1) is 0 Å². The molecular weight excluding hydrogens is 524 g/mol. The summed E-state index contributed by atoms with van der Waals surface area (Å²) < 4.78 is 11.5. The summed E-state index contributed by atoms with van der Waals surface area (Å²) in [5.41, 5.74) is 8.60. The van der Waals surface area contributed by atoms with Crippen LogP contribution in [-0.4, -0.2) is 35.1 Å². The van der Waals surface area contributed by atoms with Gasteiger partial charge in [-0.1, -0.05) is 71.9 Å². The molecule has 0 aliphatic carbocycles. The Hall–Kier alpha value is -5.51. The normalized spacial score (nSPS) is 12.6. The molecule has 0 heterocycles. The Balaban J connectivity index is 1.64. The van der Waals surface area contributed by atoms with Crippen LogP contribution in [0.3, 0.4) is 0 Å². The Kier molecular flexibility index (Phi) is 9.40. The van der Waals surface area contributed by atoms with Crippen molar-refractivity contribution >= 4 is 23.4 Å². The van der Waals surface area contributed by atoms with Gasteiger partial charge in [-0.25, -0.2) is 4.79 Å². The number of ether oxygens (including phenoxy) is 2. The third-order valence-corrected chi connectivity index (χ3v) is 6.29. The number of nitrogens with one attached hydrogen (secondary N) is 2. The van der Waals surface area contributed by atoms with Crippen molar-refractivity contribution in [3.63, 3.8) is 0 Å². The first-order valence-electron chi connectivity index (χ1n) is 12.7. The Bertz CT molecular complexity index is 1490. The molecule has 41 heavy (non-hydrogen) atoms. The standard InChI is InChI=1S/C31H30N4O6/c1-40-26-18-23(14-17-25(26)41-19-20-8-4-2-5-9-20)27(33-24-15-12-22(13-16-24)29(32)35-39)30(36)34-28(31(37)38)21-10-6-3-7-11-21/h2-18,27-28,33,39H,19H2,1H3,(H2,32,35)(H,34,36)(H,37,38). The van der Waals surface area contributed by atoms with Gasteiger partial charge in [0.1, 0.15) is 12.6 Å². The van der Waals surface area contributed by atoms with Crippen LogP contribution in [-0.2, 0) is 16.2 Å². The number of rotatable bonds is 12. The van der Waals surface area contributed by atoms with E-state index in [-0.39, 0.29) is 5.84 Å². The lowest BCUT2D eigenvalue weighted by Crippen LogP contribution is -2.39. The average Bonchev–Trinajstić information content (AvgIpc) is 3.02. The molecule has 0 saturated heterocycles. The Morgan fingerprint density at radius 2 is 1.51 bits per heavy atom. The number of aliphatic carboxylic acids is 1. The monoisotopic (exact) mass is 554 g/mol. The fourth-order valence-corrected chi connectivity index (χ4v) is 4.14. The van der Waals surface area contributed by atoms with E-state index in [0.717, 1.165) is 5.56 Å². The zero-order valence-electron chi connectivity index (χ0n) is 22.2. The lowest BCUT2D eigenvalue weighted by molar-refractivity contribution is -0.142. The first-order valence-corrected chi connectivity index (χ1v) is 12.7. The van der Waals surface area contributed by atoms with E-state index in [0.29, 0.717) is 40.5 Å². The molecule has 2 unspecified atom stereocenters. The first kappa shape index (κ1) is 28.5. The molecule has 0 fully saturated rings. The second-order valence-corrected chi connectivity index (χ2v) is 9.02. The topological polar surface area (TPSA) is 155 Å². The molecular formula is C31H30N4O6. The maximum Gasteiger partial charge on any atom is 0.330 e. The molecule has 1 amide bonds. The van der Waals surface area contributed by atoms with Gasteiger partial charge in [-0.3, -0.25) is 4.79 Å². The minimum absolute atomic E-state index is 0.0613. The summed E-state index contributed by atoms with van der Waals surface area (Å²) in [6, 6.07) is 27.5. The van der Waals surface area contributed by atoms with E-state index in [1.807, 2.05) is 30.3 Å². The second kappa shape index (κ2) is 13.5. The molecule has 4 rings (SSSR count). The van der Waals surface area contributed by atoms with Crippen LogP contribution in [0.2, 0.25) is 0 Å². The number of benzene rings is 4. The second-order valence-electron chi connectivity index (χ2n) is 9.02. The highest BCUT2D eigenvalue weighted by atomic mass is 16.5. The number of nitrogens with zero attached hydrogens (tertiary/aromatic N) is 1. The minimum Gasteiger partial charge on any atom is -0.493 e. The van der Waals surface area contributed by atoms with Crippen molar-refractivity contribution in [2.75, 3.05) is 12.4 Å². The summed E-state index contributed by atoms with van der Waals surface area (Å²) >= 11 is 0. The van der Waals surface area contributed by atoms with Gasteiger partial charge in [0.05, 0.1) is 7.11 Å². The van der Waals surface area contributed by atoms with Gasteiger partial charge >= 0.3 is 5.97 Å². The van der Waals surface area contributed by atoms with Crippen LogP contribution >= 0.6 is 0 Å². The number of anilines is 1. The van der Waals surface area contributed by atoms with E-state index in [4.69, 9.17) is 20.4 Å². The molecule has 210 valence electrons. The van der Waals surface area contributed by atoms with Gasteiger partial charge in [-0.15, -0.1) is 0 Å². The van der Waals surface area contributed by atoms with E-state index in [1.165, 1.54) is 7.11 Å². The van der Waals surface area contributed by atoms with Gasteiger partial charge < -0.3 is 36.2 Å². The summed E-state index contributed by atoms with van der Waals surface area (Å²) in [5.74, 6) is -0.961. The quantitative estimate of drug-likeness (QED) is 0.0744. The maximum atomic E-state index is 13.7. The number of amides is 1. The number of oxime groups is 1. The molecule has 0 bridgehead atoms. The van der Waals surface area contributed by atoms with Crippen LogP contribution in [0.15, 0.2) is 108 Å². The van der Waals surface area contributed by atoms with Crippen molar-refractivity contribution in [2.24, 2.45) is 10.9 Å². The predicted molar refractivity (Wildman–Crippen MR) is 154 cm³/mol. The maximum absolute atomic E-state index is 13.7. The number of nitrogens with two attached hydrogens (primary N) is 1. The summed E-state index contributed by atoms with van der Waals surface area (Å²) in [5, 5.41) is 27.6. The van der Waals surface area contributed by atoms with Crippen LogP contribution in [0.25, 0.3) is 0 Å². The molecule has 2 atom stereocenters. The number of methoxy groups -OCH3 is 1. The molecule has 10 nitrogen and oxygen atoms in total. The first-order chi connectivity index (χ1) is 19.9. The Morgan fingerprint density at radius 3 is 2.12 bits per heavy atom. The lowest BCUT2D eigenvalue weighted by Gasteiger charge is -2.24. The molecule has 4 aromatic carbocycles. The van der Waals surface area contributed by atoms with Crippen LogP contribution < -0.4 is 25.8 Å². The summed E-state index contributed by atoms with van der Waals surface area (Å²) in [4.78, 5) is 25.8. The predicted octanol–water partition coefficient (Wildman–Crippen LogP) is 4.46. The Morgan fingerprint density at radius 1 is 0.854 bits per heavy atom. The molecule has 0 radical (unpaired) electrons. The Labute approximate surface area is 237 Å². The average molecular weight is 555 g/mol. The molecule has 0 spiro atoms. The molecule has 4 aromatic rings. The van der Waals surface area contributed by atoms with Crippen LogP contribution in [0.4, 0.5) is 5.69 Å². The number of amidine groups is 1. The molecule has 0 aliphatic heterocycles. The molecule has 0 aliphatic rings. The summed E-state index contributed by atoms with van der Waals surface area (Å²) in [7, 11) is 1.50. The highest BCUT2D eigenvalue weighted by molar-refractivity contribution is 5.97. The van der Waals surface area contributed by atoms with Gasteiger partial charge in [0, 0.05) is 11.3 Å². The SMILES string of the molecule is COc1cc(C(Nc2ccc(C(N)=NO)cc2)C(=O)NC(C(=O)O)c2ccccc2)ccc1OCc1ccccc1. The number of hydrogen-bond donors (Lipinski definition) is 5. The van der Waals surface area contributed by atoms with E-state index in [1.54, 1.807) is 72.8 Å². The number of carbonyl (C=O) groups is 2. The van der Waals surface area contributed by atoms with Gasteiger partial charge in [-0.05, 0) is 53.1 Å². The van der Waals surface area contributed by atoms with Crippen LogP contribution in [0.1, 0.15) is 34.3 Å². The van der Waals surface area contributed by atoms with Crippen molar-refractivity contribution < 1.29 is 29.4 Å². The number of carboxylic acids is 1. The van der Waals surface area contributed by atoms with E-state index in [2.05, 4.69) is 15.8 Å². The number of carboxylic acid groups (broad SMARTS) is 1. The molecule has 0 aromatic heterocycles. The van der Waals surface area contributed by atoms with Crippen LogP contribution in [0.5, 0.6) is 11.5 Å². The van der Waals surface area contributed by atoms with Crippen molar-refractivity contribution in [3.8, 4) is 11.5 Å². The third kappa shape index (κ3) is 7.33. The van der Waals surface area contributed by atoms with Gasteiger partial charge in [0.15, 0.2) is 23.4 Å². The zero-order chi connectivity index (χ0) is 29.2. The number of hydrogen-bond acceptors (Lipinski definition) is 7. The highest BCUT2D eigenvalue weighted by Crippen LogP contribution is 2.33. The van der Waals surface area contributed by atoms with Gasteiger partial charge in [0.2, 0.25) is 5.91 Å². The van der Waals surface area contributed by atoms with Gasteiger partial charge in [0.25, 0.3) is 0 Å². The molecule has 10 heteroatoms. The smallest absolute Gasteiger partial charge is 0.330 e. The molecule has 6 N–H and O–H groups in total.